The Morgan fingerprint density at radius 2 is 2.40 bits per heavy atom. The van der Waals surface area contributed by atoms with Gasteiger partial charge in [0.25, 0.3) is 0 Å². The molecule has 0 aliphatic carbocycles. The number of ether oxygens (including phenoxy) is 1. The fraction of sp³-hybridized carbons (Fsp3) is 0.571. The minimum Gasteiger partial charge on any atom is -0.419 e. The Bertz CT molecular complexity index is 121. The number of nitrogens with two attached hydrogens (primary N) is 1. The fourth-order valence-corrected chi connectivity index (χ4v) is 0.505. The van der Waals surface area contributed by atoms with Crippen LogP contribution in [0.4, 0.5) is 4.79 Å². The second-order valence-corrected chi connectivity index (χ2v) is 1.95. The van der Waals surface area contributed by atoms with E-state index in [1.165, 1.54) is 6.26 Å². The first-order valence-corrected chi connectivity index (χ1v) is 3.38. The van der Waals surface area contributed by atoms with Gasteiger partial charge in [0.1, 0.15) is 0 Å². The molecule has 0 unspecified atom stereocenters. The summed E-state index contributed by atoms with van der Waals surface area (Å²) in [6.07, 6.45) is 5.54. The standard InChI is InChI=1S/C7H13NO2/c1-2-3-4-5-6-10-7(8)9/h5-6H,2-4H2,1H3,(H2,8,9). The molecule has 3 nitrogen and oxygen atoms in total. The molecular weight excluding hydrogens is 130 g/mol. The molecule has 0 aliphatic rings. The minimum atomic E-state index is -0.757. The first-order valence-electron chi connectivity index (χ1n) is 3.38. The Morgan fingerprint density at radius 3 is 2.90 bits per heavy atom. The summed E-state index contributed by atoms with van der Waals surface area (Å²) < 4.78 is 4.35. The molecule has 10 heavy (non-hydrogen) atoms. The number of carbonyl (C=O) groups excluding carboxylic acids is 1. The molecular formula is C7H13NO2. The van der Waals surface area contributed by atoms with Crippen LogP contribution in [0.3, 0.4) is 0 Å². The van der Waals surface area contributed by atoms with Crippen molar-refractivity contribution >= 4 is 6.09 Å². The Hall–Kier alpha value is -0.990. The summed E-state index contributed by atoms with van der Waals surface area (Å²) in [5.74, 6) is 0. The van der Waals surface area contributed by atoms with Crippen LogP contribution in [-0.2, 0) is 4.74 Å². The van der Waals surface area contributed by atoms with Crippen molar-refractivity contribution < 1.29 is 9.53 Å². The lowest BCUT2D eigenvalue weighted by atomic mass is 10.2. The third kappa shape index (κ3) is 7.01. The summed E-state index contributed by atoms with van der Waals surface area (Å²) >= 11 is 0. The molecule has 3 heteroatoms. The molecule has 0 saturated carbocycles. The first kappa shape index (κ1) is 9.01. The summed E-state index contributed by atoms with van der Waals surface area (Å²) in [5.41, 5.74) is 4.69. The average Bonchev–Trinajstić information content (AvgIpc) is 1.87. The molecule has 0 heterocycles. The van der Waals surface area contributed by atoms with Crippen LogP contribution < -0.4 is 5.73 Å². The van der Waals surface area contributed by atoms with Gasteiger partial charge in [-0.15, -0.1) is 0 Å². The van der Waals surface area contributed by atoms with Crippen molar-refractivity contribution in [3.8, 4) is 0 Å². The molecule has 0 saturated heterocycles. The van der Waals surface area contributed by atoms with Gasteiger partial charge in [0.15, 0.2) is 0 Å². The quantitative estimate of drug-likeness (QED) is 0.481. The molecule has 0 bridgehead atoms. The zero-order valence-electron chi connectivity index (χ0n) is 6.17. The van der Waals surface area contributed by atoms with E-state index >= 15 is 0 Å². The maximum Gasteiger partial charge on any atom is 0.409 e. The third-order valence-corrected chi connectivity index (χ3v) is 1.00. The van der Waals surface area contributed by atoms with Crippen LogP contribution in [-0.4, -0.2) is 6.09 Å². The van der Waals surface area contributed by atoms with E-state index in [0.717, 1.165) is 19.3 Å². The highest BCUT2D eigenvalue weighted by molar-refractivity contribution is 5.65. The van der Waals surface area contributed by atoms with E-state index in [4.69, 9.17) is 5.73 Å². The molecule has 0 aromatic rings. The maximum absolute atomic E-state index is 9.98. The lowest BCUT2D eigenvalue weighted by molar-refractivity contribution is 0.196. The summed E-state index contributed by atoms with van der Waals surface area (Å²) in [6, 6.07) is 0. The van der Waals surface area contributed by atoms with Crippen LogP contribution in [0.25, 0.3) is 0 Å². The zero-order valence-corrected chi connectivity index (χ0v) is 6.17. The largest absolute Gasteiger partial charge is 0.419 e. The predicted molar refractivity (Wildman–Crippen MR) is 39.3 cm³/mol. The number of hydrogen-bond donors (Lipinski definition) is 1. The third-order valence-electron chi connectivity index (χ3n) is 1.00. The highest BCUT2D eigenvalue weighted by Crippen LogP contribution is 1.94. The van der Waals surface area contributed by atoms with Gasteiger partial charge in [-0.1, -0.05) is 13.3 Å². The molecule has 58 valence electrons. The van der Waals surface area contributed by atoms with Crippen LogP contribution >= 0.6 is 0 Å². The van der Waals surface area contributed by atoms with Gasteiger partial charge < -0.3 is 10.5 Å². The van der Waals surface area contributed by atoms with Crippen molar-refractivity contribution in [2.75, 3.05) is 0 Å². The van der Waals surface area contributed by atoms with Crippen LogP contribution in [0, 0.1) is 0 Å². The summed E-state index contributed by atoms with van der Waals surface area (Å²) in [5, 5.41) is 0. The molecule has 0 aromatic carbocycles. The molecule has 0 aliphatic heterocycles. The monoisotopic (exact) mass is 143 g/mol. The summed E-state index contributed by atoms with van der Waals surface area (Å²) in [6.45, 7) is 2.10. The SMILES string of the molecule is CCCCC=COC(N)=O. The van der Waals surface area contributed by atoms with E-state index < -0.39 is 6.09 Å². The topological polar surface area (TPSA) is 52.3 Å². The lowest BCUT2D eigenvalue weighted by Gasteiger charge is -1.89. The number of primary amides is 1. The summed E-state index contributed by atoms with van der Waals surface area (Å²) in [4.78, 5) is 9.98. The molecule has 0 rings (SSSR count). The van der Waals surface area contributed by atoms with Gasteiger partial charge in [-0.2, -0.15) is 0 Å². The van der Waals surface area contributed by atoms with Gasteiger partial charge in [-0.3, -0.25) is 0 Å². The Kier molecular flexibility index (Phi) is 5.53. The van der Waals surface area contributed by atoms with E-state index in [-0.39, 0.29) is 0 Å². The van der Waals surface area contributed by atoms with Crippen LogP contribution in [0.2, 0.25) is 0 Å². The van der Waals surface area contributed by atoms with Gasteiger partial charge in [0.2, 0.25) is 0 Å². The average molecular weight is 143 g/mol. The lowest BCUT2D eigenvalue weighted by Crippen LogP contribution is -2.08. The maximum atomic E-state index is 9.98. The minimum absolute atomic E-state index is 0.757. The van der Waals surface area contributed by atoms with Crippen molar-refractivity contribution in [2.24, 2.45) is 5.73 Å². The van der Waals surface area contributed by atoms with Crippen LogP contribution in [0.15, 0.2) is 12.3 Å². The molecule has 0 fully saturated rings. The smallest absolute Gasteiger partial charge is 0.409 e. The van der Waals surface area contributed by atoms with Gasteiger partial charge in [0.05, 0.1) is 6.26 Å². The first-order chi connectivity index (χ1) is 4.77. The van der Waals surface area contributed by atoms with Crippen molar-refractivity contribution in [1.29, 1.82) is 0 Å². The van der Waals surface area contributed by atoms with Crippen molar-refractivity contribution in [1.82, 2.24) is 0 Å². The molecule has 0 atom stereocenters. The van der Waals surface area contributed by atoms with Crippen molar-refractivity contribution in [3.63, 3.8) is 0 Å². The number of carbonyl (C=O) groups is 1. The van der Waals surface area contributed by atoms with E-state index in [0.29, 0.717) is 0 Å². The predicted octanol–water partition coefficient (Wildman–Crippen LogP) is 1.79. The Morgan fingerprint density at radius 1 is 1.70 bits per heavy atom. The molecule has 2 N–H and O–H groups in total. The molecule has 0 aromatic heterocycles. The van der Waals surface area contributed by atoms with Crippen LogP contribution in [0.5, 0.6) is 0 Å². The van der Waals surface area contributed by atoms with Crippen LogP contribution in [0.1, 0.15) is 26.2 Å². The highest BCUT2D eigenvalue weighted by Gasteiger charge is 1.84. The van der Waals surface area contributed by atoms with E-state index in [1.54, 1.807) is 6.08 Å². The molecule has 1 amide bonds. The number of hydrogen-bond acceptors (Lipinski definition) is 2. The highest BCUT2D eigenvalue weighted by atomic mass is 16.5. The zero-order chi connectivity index (χ0) is 7.82. The number of amides is 1. The van der Waals surface area contributed by atoms with E-state index in [9.17, 15) is 4.79 Å². The Balaban J connectivity index is 3.12. The van der Waals surface area contributed by atoms with Crippen molar-refractivity contribution in [3.05, 3.63) is 12.3 Å². The fourth-order valence-electron chi connectivity index (χ4n) is 0.505. The summed E-state index contributed by atoms with van der Waals surface area (Å²) in [7, 11) is 0. The van der Waals surface area contributed by atoms with Gasteiger partial charge in [-0.25, -0.2) is 4.79 Å². The molecule has 0 spiro atoms. The van der Waals surface area contributed by atoms with E-state index in [1.807, 2.05) is 0 Å². The van der Waals surface area contributed by atoms with Gasteiger partial charge >= 0.3 is 6.09 Å². The van der Waals surface area contributed by atoms with Gasteiger partial charge in [-0.05, 0) is 18.9 Å². The molecule has 0 radical (unpaired) electrons. The number of allylic oxidation sites excluding steroid dienone is 1. The Labute approximate surface area is 60.9 Å². The van der Waals surface area contributed by atoms with E-state index in [2.05, 4.69) is 11.7 Å². The number of rotatable bonds is 4. The second-order valence-electron chi connectivity index (χ2n) is 1.95. The van der Waals surface area contributed by atoms with Gasteiger partial charge in [0, 0.05) is 0 Å². The number of unbranched alkanes of at least 4 members (excludes halogenated alkanes) is 2. The van der Waals surface area contributed by atoms with Crippen molar-refractivity contribution in [2.45, 2.75) is 26.2 Å². The second kappa shape index (κ2) is 6.13. The normalized spacial score (nSPS) is 10.1.